The van der Waals surface area contributed by atoms with Crippen LogP contribution in [0.5, 0.6) is 0 Å². The van der Waals surface area contributed by atoms with Crippen LogP contribution >= 0.6 is 0 Å². The van der Waals surface area contributed by atoms with Gasteiger partial charge in [0.05, 0.1) is 0 Å². The Hall–Kier alpha value is -1.02. The quantitative estimate of drug-likeness (QED) is 0.789. The Balaban J connectivity index is 1.49. The summed E-state index contributed by atoms with van der Waals surface area (Å²) in [6, 6.07) is 6.48. The van der Waals surface area contributed by atoms with Crippen LogP contribution in [0, 0.1) is 17.8 Å². The molecule has 4 aliphatic carbocycles. The van der Waals surface area contributed by atoms with Gasteiger partial charge in [-0.2, -0.15) is 0 Å². The van der Waals surface area contributed by atoms with Gasteiger partial charge < -0.3 is 5.73 Å². The van der Waals surface area contributed by atoms with Gasteiger partial charge in [-0.15, -0.1) is 0 Å². The first-order chi connectivity index (χ1) is 9.72. The molecule has 0 saturated heterocycles. The summed E-state index contributed by atoms with van der Waals surface area (Å²) in [5, 5.41) is 0. The first-order valence-corrected chi connectivity index (χ1v) is 8.33. The van der Waals surface area contributed by atoms with E-state index >= 15 is 0 Å². The lowest BCUT2D eigenvalue weighted by atomic mass is 9.52. The van der Waals surface area contributed by atoms with E-state index in [-0.39, 0.29) is 0 Å². The summed E-state index contributed by atoms with van der Waals surface area (Å²) in [6.45, 7) is 2.25. The predicted molar refractivity (Wildman–Crippen MR) is 81.0 cm³/mol. The van der Waals surface area contributed by atoms with Crippen LogP contribution in [0.15, 0.2) is 18.2 Å². The zero-order valence-electron chi connectivity index (χ0n) is 12.1. The summed E-state index contributed by atoms with van der Waals surface area (Å²) in [4.78, 5) is 2.80. The third-order valence-electron chi connectivity index (χ3n) is 6.70. The van der Waals surface area contributed by atoms with E-state index in [1.807, 2.05) is 0 Å². The van der Waals surface area contributed by atoms with Crippen molar-refractivity contribution in [3.8, 4) is 0 Å². The van der Waals surface area contributed by atoms with Crippen LogP contribution in [0.2, 0.25) is 0 Å². The van der Waals surface area contributed by atoms with Crippen molar-refractivity contribution in [3.63, 3.8) is 0 Å². The lowest BCUT2D eigenvalue weighted by Gasteiger charge is -2.60. The van der Waals surface area contributed by atoms with Gasteiger partial charge >= 0.3 is 0 Å². The van der Waals surface area contributed by atoms with E-state index in [1.54, 1.807) is 0 Å². The maximum absolute atomic E-state index is 6.20. The van der Waals surface area contributed by atoms with E-state index in [1.165, 1.54) is 49.7 Å². The van der Waals surface area contributed by atoms with Crippen molar-refractivity contribution in [2.45, 2.75) is 57.2 Å². The highest BCUT2D eigenvalue weighted by molar-refractivity contribution is 5.52. The molecule has 0 amide bonds. The average Bonchev–Trinajstić information content (AvgIpc) is 2.83. The molecule has 20 heavy (non-hydrogen) atoms. The topological polar surface area (TPSA) is 29.3 Å². The smallest absolute Gasteiger partial charge is 0.0363 e. The van der Waals surface area contributed by atoms with Crippen LogP contribution in [-0.2, 0) is 13.1 Å². The molecular formula is C18H24N2. The zero-order chi connectivity index (χ0) is 13.3. The van der Waals surface area contributed by atoms with Crippen LogP contribution in [-0.4, -0.2) is 10.4 Å². The molecule has 0 aromatic heterocycles. The number of anilines is 1. The molecule has 5 aliphatic rings. The molecule has 4 fully saturated rings. The Morgan fingerprint density at radius 3 is 2.20 bits per heavy atom. The van der Waals surface area contributed by atoms with E-state index in [0.717, 1.165) is 36.5 Å². The Kier molecular flexibility index (Phi) is 2.20. The number of hydrogen-bond donors (Lipinski definition) is 1. The van der Waals surface area contributed by atoms with E-state index < -0.39 is 0 Å². The van der Waals surface area contributed by atoms with Gasteiger partial charge in [0.2, 0.25) is 0 Å². The molecule has 0 atom stereocenters. The highest BCUT2D eigenvalue weighted by Crippen LogP contribution is 2.58. The van der Waals surface area contributed by atoms with Crippen molar-refractivity contribution >= 4 is 5.69 Å². The number of rotatable bonds is 1. The monoisotopic (exact) mass is 268 g/mol. The third kappa shape index (κ3) is 1.49. The molecule has 1 aromatic carbocycles. The summed E-state index contributed by atoms with van der Waals surface area (Å²) in [6.07, 6.45) is 8.99. The van der Waals surface area contributed by atoms with Crippen LogP contribution in [0.3, 0.4) is 0 Å². The second kappa shape index (κ2) is 3.79. The van der Waals surface area contributed by atoms with Crippen molar-refractivity contribution in [3.05, 3.63) is 29.3 Å². The second-order valence-electron chi connectivity index (χ2n) is 7.98. The molecule has 4 saturated carbocycles. The molecule has 0 unspecified atom stereocenters. The third-order valence-corrected chi connectivity index (χ3v) is 6.70. The highest BCUT2D eigenvalue weighted by atomic mass is 15.2. The number of nitrogen functional groups attached to an aromatic ring is 1. The van der Waals surface area contributed by atoms with Gasteiger partial charge in [-0.05, 0) is 73.5 Å². The number of nitrogens with two attached hydrogens (primary N) is 1. The summed E-state index contributed by atoms with van der Waals surface area (Å²) in [7, 11) is 0. The predicted octanol–water partition coefficient (Wildman–Crippen LogP) is 3.55. The van der Waals surface area contributed by atoms with Gasteiger partial charge in [0.15, 0.2) is 0 Å². The molecule has 1 aliphatic heterocycles. The fourth-order valence-electron chi connectivity index (χ4n) is 6.24. The van der Waals surface area contributed by atoms with Crippen molar-refractivity contribution in [2.24, 2.45) is 17.8 Å². The zero-order valence-corrected chi connectivity index (χ0v) is 12.1. The van der Waals surface area contributed by atoms with Gasteiger partial charge in [0.25, 0.3) is 0 Å². The van der Waals surface area contributed by atoms with Gasteiger partial charge in [0, 0.05) is 24.3 Å². The highest BCUT2D eigenvalue weighted by Gasteiger charge is 2.54. The first-order valence-electron chi connectivity index (χ1n) is 8.33. The molecule has 2 N–H and O–H groups in total. The fraction of sp³-hybridized carbons (Fsp3) is 0.667. The van der Waals surface area contributed by atoms with Crippen LogP contribution in [0.1, 0.15) is 49.7 Å². The van der Waals surface area contributed by atoms with Crippen LogP contribution in [0.25, 0.3) is 0 Å². The number of hydrogen-bond acceptors (Lipinski definition) is 2. The molecule has 0 spiro atoms. The molecule has 106 valence electrons. The molecule has 1 heterocycles. The van der Waals surface area contributed by atoms with Gasteiger partial charge in [-0.1, -0.05) is 12.1 Å². The minimum atomic E-state index is 0.528. The van der Waals surface area contributed by atoms with Crippen LogP contribution in [0.4, 0.5) is 5.69 Å². The van der Waals surface area contributed by atoms with E-state index in [9.17, 15) is 0 Å². The van der Waals surface area contributed by atoms with Gasteiger partial charge in [-0.25, -0.2) is 0 Å². The Labute approximate surface area is 121 Å². The fourth-order valence-corrected chi connectivity index (χ4v) is 6.24. The van der Waals surface area contributed by atoms with E-state index in [2.05, 4.69) is 23.1 Å². The molecular weight excluding hydrogens is 244 g/mol. The van der Waals surface area contributed by atoms with Crippen molar-refractivity contribution in [1.29, 1.82) is 0 Å². The number of nitrogens with zero attached hydrogens (tertiary/aromatic N) is 1. The Morgan fingerprint density at radius 1 is 0.950 bits per heavy atom. The lowest BCUT2D eigenvalue weighted by Crippen LogP contribution is -2.58. The minimum absolute atomic E-state index is 0.528. The molecule has 2 heteroatoms. The summed E-state index contributed by atoms with van der Waals surface area (Å²) < 4.78 is 0. The summed E-state index contributed by atoms with van der Waals surface area (Å²) >= 11 is 0. The minimum Gasteiger partial charge on any atom is -0.398 e. The SMILES string of the molecule is Nc1cccc2c1CN(C13CC4CC(CC(C4)C1)C3)C2. The van der Waals surface area contributed by atoms with Gasteiger partial charge in [-0.3, -0.25) is 4.90 Å². The molecule has 0 radical (unpaired) electrons. The molecule has 1 aromatic rings. The van der Waals surface area contributed by atoms with Crippen molar-refractivity contribution < 1.29 is 0 Å². The largest absolute Gasteiger partial charge is 0.398 e. The van der Waals surface area contributed by atoms with E-state index in [0.29, 0.717) is 5.54 Å². The maximum Gasteiger partial charge on any atom is 0.0363 e. The lowest BCUT2D eigenvalue weighted by molar-refractivity contribution is -0.0915. The van der Waals surface area contributed by atoms with Crippen LogP contribution < -0.4 is 5.73 Å². The Morgan fingerprint density at radius 2 is 1.60 bits per heavy atom. The first kappa shape index (κ1) is 11.6. The average molecular weight is 268 g/mol. The molecule has 4 bridgehead atoms. The maximum atomic E-state index is 6.20. The molecule has 2 nitrogen and oxygen atoms in total. The van der Waals surface area contributed by atoms with Crippen molar-refractivity contribution in [1.82, 2.24) is 4.90 Å². The number of fused-ring (bicyclic) bond motifs is 1. The Bertz CT molecular complexity index is 527. The standard InChI is InChI=1S/C18H24N2/c19-17-3-1-2-15-10-20(11-16(15)17)18-7-12-4-13(8-18)6-14(5-12)9-18/h1-3,12-14H,4-11,19H2. The van der Waals surface area contributed by atoms with E-state index in [4.69, 9.17) is 5.73 Å². The summed E-state index contributed by atoms with van der Waals surface area (Å²) in [5.74, 6) is 3.09. The normalized spacial score (nSPS) is 42.1. The van der Waals surface area contributed by atoms with Crippen molar-refractivity contribution in [2.75, 3.05) is 5.73 Å². The van der Waals surface area contributed by atoms with Gasteiger partial charge in [0.1, 0.15) is 0 Å². The summed E-state index contributed by atoms with van der Waals surface area (Å²) in [5.41, 5.74) is 10.6. The molecule has 6 rings (SSSR count). The second-order valence-corrected chi connectivity index (χ2v) is 7.98. The number of benzene rings is 1.